The fourth-order valence-electron chi connectivity index (χ4n) is 1.52. The number of alkyl halides is 1. The van der Waals surface area contributed by atoms with Crippen molar-refractivity contribution in [3.63, 3.8) is 0 Å². The van der Waals surface area contributed by atoms with E-state index in [9.17, 15) is 4.39 Å². The van der Waals surface area contributed by atoms with Crippen molar-refractivity contribution in [3.05, 3.63) is 34.6 Å². The van der Waals surface area contributed by atoms with E-state index in [1.807, 2.05) is 0 Å². The van der Waals surface area contributed by atoms with Crippen molar-refractivity contribution in [1.29, 1.82) is 0 Å². The largest absolute Gasteiger partial charge is 0.299 e. The van der Waals surface area contributed by atoms with Gasteiger partial charge in [0.1, 0.15) is 5.82 Å². The Morgan fingerprint density at radius 3 is 2.75 bits per heavy atom. The first kappa shape index (κ1) is 13.9. The molecule has 0 heterocycles. The molecule has 0 aliphatic heterocycles. The summed E-state index contributed by atoms with van der Waals surface area (Å²) in [4.78, 5) is 2.29. The summed E-state index contributed by atoms with van der Waals surface area (Å²) in [6.07, 6.45) is 1.10. The third-order valence-corrected chi connectivity index (χ3v) is 3.38. The summed E-state index contributed by atoms with van der Waals surface area (Å²) in [6, 6.07) is 4.59. The minimum Gasteiger partial charge on any atom is -0.299 e. The second-order valence-corrected chi connectivity index (χ2v) is 4.85. The fourth-order valence-corrected chi connectivity index (χ4v) is 2.00. The molecule has 0 bridgehead atoms. The van der Waals surface area contributed by atoms with Gasteiger partial charge in [0, 0.05) is 16.9 Å². The van der Waals surface area contributed by atoms with Crippen LogP contribution in [0, 0.1) is 5.82 Å². The highest BCUT2D eigenvalue weighted by Crippen LogP contribution is 2.19. The molecule has 0 N–H and O–H groups in total. The van der Waals surface area contributed by atoms with E-state index in [2.05, 4.69) is 27.8 Å². The molecular weight excluding hydrogens is 292 g/mol. The van der Waals surface area contributed by atoms with Crippen LogP contribution >= 0.6 is 27.5 Å². The third-order valence-electron chi connectivity index (χ3n) is 2.46. The molecule has 0 atom stereocenters. The van der Waals surface area contributed by atoms with Crippen LogP contribution in [0.2, 0.25) is 5.02 Å². The van der Waals surface area contributed by atoms with Gasteiger partial charge in [-0.2, -0.15) is 0 Å². The smallest absolute Gasteiger partial charge is 0.124 e. The summed E-state index contributed by atoms with van der Waals surface area (Å²) in [5, 5.41) is 1.51. The average molecular weight is 309 g/mol. The molecule has 90 valence electrons. The van der Waals surface area contributed by atoms with Crippen LogP contribution < -0.4 is 0 Å². The van der Waals surface area contributed by atoms with Gasteiger partial charge in [0.05, 0.1) is 0 Å². The third kappa shape index (κ3) is 4.40. The Labute approximate surface area is 110 Å². The van der Waals surface area contributed by atoms with Crippen LogP contribution in [0.3, 0.4) is 0 Å². The van der Waals surface area contributed by atoms with Gasteiger partial charge in [-0.3, -0.25) is 4.90 Å². The Hall–Kier alpha value is -0.120. The highest BCUT2D eigenvalue weighted by molar-refractivity contribution is 9.09. The first-order valence-electron chi connectivity index (χ1n) is 5.39. The van der Waals surface area contributed by atoms with Gasteiger partial charge in [-0.25, -0.2) is 4.39 Å². The lowest BCUT2D eigenvalue weighted by Crippen LogP contribution is -2.24. The highest BCUT2D eigenvalue weighted by atomic mass is 79.9. The molecule has 0 aromatic heterocycles. The lowest BCUT2D eigenvalue weighted by Gasteiger charge is -2.20. The molecular formula is C12H16BrClFN. The zero-order chi connectivity index (χ0) is 12.0. The minimum atomic E-state index is -0.280. The minimum absolute atomic E-state index is 0.280. The van der Waals surface area contributed by atoms with Crippen LogP contribution in [-0.4, -0.2) is 23.3 Å². The second kappa shape index (κ2) is 7.25. The molecule has 1 nitrogen and oxygen atoms in total. The molecule has 16 heavy (non-hydrogen) atoms. The fraction of sp³-hybridized carbons (Fsp3) is 0.500. The lowest BCUT2D eigenvalue weighted by atomic mass is 10.2. The van der Waals surface area contributed by atoms with Gasteiger partial charge in [-0.1, -0.05) is 40.5 Å². The molecule has 0 saturated carbocycles. The summed E-state index contributed by atoms with van der Waals surface area (Å²) < 4.78 is 12.9. The number of benzene rings is 1. The van der Waals surface area contributed by atoms with Gasteiger partial charge in [-0.15, -0.1) is 0 Å². The maximum atomic E-state index is 12.9. The van der Waals surface area contributed by atoms with Gasteiger partial charge in [0.2, 0.25) is 0 Å². The molecule has 0 amide bonds. The molecule has 0 spiro atoms. The summed E-state index contributed by atoms with van der Waals surface area (Å²) >= 11 is 9.40. The molecule has 0 unspecified atom stereocenters. The maximum Gasteiger partial charge on any atom is 0.124 e. The maximum absolute atomic E-state index is 12.9. The predicted octanol–water partition coefficient (Wildman–Crippen LogP) is 4.09. The Morgan fingerprint density at radius 1 is 1.44 bits per heavy atom. The Kier molecular flexibility index (Phi) is 6.32. The van der Waals surface area contributed by atoms with Crippen molar-refractivity contribution in [3.8, 4) is 0 Å². The van der Waals surface area contributed by atoms with Crippen molar-refractivity contribution in [2.75, 3.05) is 18.4 Å². The molecule has 0 aliphatic rings. The molecule has 0 fully saturated rings. The van der Waals surface area contributed by atoms with Crippen LogP contribution in [0.4, 0.5) is 4.39 Å². The van der Waals surface area contributed by atoms with Crippen molar-refractivity contribution in [1.82, 2.24) is 4.90 Å². The zero-order valence-corrected chi connectivity index (χ0v) is 11.7. The Balaban J connectivity index is 2.62. The standard InChI is InChI=1S/C12H16BrClFN/c1-2-16(7-3-6-13)9-10-4-5-11(15)8-12(10)14/h4-5,8H,2-3,6-7,9H2,1H3. The molecule has 0 aliphatic carbocycles. The monoisotopic (exact) mass is 307 g/mol. The van der Waals surface area contributed by atoms with Crippen LogP contribution in [0.15, 0.2) is 18.2 Å². The SMILES string of the molecule is CCN(CCCBr)Cc1ccc(F)cc1Cl. The number of hydrogen-bond donors (Lipinski definition) is 0. The molecule has 1 aromatic rings. The number of nitrogens with zero attached hydrogens (tertiary/aromatic N) is 1. The molecule has 4 heteroatoms. The Bertz CT molecular complexity index is 333. The van der Waals surface area contributed by atoms with Crippen LogP contribution in [0.1, 0.15) is 18.9 Å². The van der Waals surface area contributed by atoms with E-state index in [0.29, 0.717) is 5.02 Å². The quantitative estimate of drug-likeness (QED) is 0.716. The number of halogens is 3. The second-order valence-electron chi connectivity index (χ2n) is 3.65. The normalized spacial score (nSPS) is 11.1. The molecule has 0 radical (unpaired) electrons. The van der Waals surface area contributed by atoms with Gasteiger partial charge >= 0.3 is 0 Å². The number of hydrogen-bond acceptors (Lipinski definition) is 1. The summed E-state index contributed by atoms with van der Waals surface area (Å²) in [6.45, 7) is 4.89. The van der Waals surface area contributed by atoms with E-state index >= 15 is 0 Å². The topological polar surface area (TPSA) is 3.24 Å². The van der Waals surface area contributed by atoms with Crippen molar-refractivity contribution in [2.45, 2.75) is 19.9 Å². The van der Waals surface area contributed by atoms with E-state index in [4.69, 9.17) is 11.6 Å². The van der Waals surface area contributed by atoms with Gasteiger partial charge in [0.15, 0.2) is 0 Å². The zero-order valence-electron chi connectivity index (χ0n) is 9.35. The lowest BCUT2D eigenvalue weighted by molar-refractivity contribution is 0.281. The summed E-state index contributed by atoms with van der Waals surface area (Å²) in [5.41, 5.74) is 0.986. The Morgan fingerprint density at radius 2 is 2.19 bits per heavy atom. The van der Waals surface area contributed by atoms with Crippen LogP contribution in [0.25, 0.3) is 0 Å². The van der Waals surface area contributed by atoms with E-state index in [-0.39, 0.29) is 5.82 Å². The summed E-state index contributed by atoms with van der Waals surface area (Å²) in [7, 11) is 0. The number of rotatable bonds is 6. The molecule has 1 rings (SSSR count). The molecule has 1 aromatic carbocycles. The molecule has 0 saturated heterocycles. The highest BCUT2D eigenvalue weighted by Gasteiger charge is 2.07. The van der Waals surface area contributed by atoms with Crippen molar-refractivity contribution >= 4 is 27.5 Å². The van der Waals surface area contributed by atoms with Crippen LogP contribution in [-0.2, 0) is 6.54 Å². The first-order valence-corrected chi connectivity index (χ1v) is 6.89. The van der Waals surface area contributed by atoms with E-state index in [1.54, 1.807) is 6.07 Å². The van der Waals surface area contributed by atoms with Crippen LogP contribution in [0.5, 0.6) is 0 Å². The van der Waals surface area contributed by atoms with Crippen molar-refractivity contribution < 1.29 is 4.39 Å². The van der Waals surface area contributed by atoms with Crippen molar-refractivity contribution in [2.24, 2.45) is 0 Å². The van der Waals surface area contributed by atoms with Gasteiger partial charge in [-0.05, 0) is 37.2 Å². The predicted molar refractivity (Wildman–Crippen MR) is 70.8 cm³/mol. The van der Waals surface area contributed by atoms with E-state index in [0.717, 1.165) is 36.9 Å². The summed E-state index contributed by atoms with van der Waals surface area (Å²) in [5.74, 6) is -0.280. The van der Waals surface area contributed by atoms with E-state index in [1.165, 1.54) is 12.1 Å². The average Bonchev–Trinajstić information content (AvgIpc) is 2.27. The van der Waals surface area contributed by atoms with E-state index < -0.39 is 0 Å². The first-order chi connectivity index (χ1) is 7.67. The van der Waals surface area contributed by atoms with Gasteiger partial charge in [0.25, 0.3) is 0 Å². The van der Waals surface area contributed by atoms with Gasteiger partial charge < -0.3 is 0 Å².